The molecule has 0 bridgehead atoms. The molecule has 0 aromatic heterocycles. The fourth-order valence-corrected chi connectivity index (χ4v) is 0.560. The van der Waals surface area contributed by atoms with Crippen molar-refractivity contribution in [2.24, 2.45) is 0 Å². The number of hydrogen-bond acceptors (Lipinski definition) is 2. The highest BCUT2D eigenvalue weighted by atomic mass is 79.9. The normalized spacial score (nSPS) is 9.75. The Morgan fingerprint density at radius 2 is 2.25 bits per heavy atom. The van der Waals surface area contributed by atoms with Crippen LogP contribution >= 0.6 is 15.9 Å². The van der Waals surface area contributed by atoms with E-state index in [9.17, 15) is 0 Å². The highest BCUT2D eigenvalue weighted by molar-refractivity contribution is 9.09. The van der Waals surface area contributed by atoms with Gasteiger partial charge in [-0.05, 0) is 7.05 Å². The van der Waals surface area contributed by atoms with Gasteiger partial charge in [0.05, 0.1) is 13.2 Å². The standard InChI is InChI=1S/C5H12BrNO/c1-7-3-5-8-4-2-6/h7H,2-5H2,1H3. The zero-order valence-corrected chi connectivity index (χ0v) is 6.70. The molecule has 1 N–H and O–H groups in total. The Morgan fingerprint density at radius 3 is 2.75 bits per heavy atom. The summed E-state index contributed by atoms with van der Waals surface area (Å²) in [5, 5.41) is 3.91. The molecule has 0 unspecified atom stereocenters. The lowest BCUT2D eigenvalue weighted by Crippen LogP contribution is -2.14. The number of rotatable bonds is 5. The van der Waals surface area contributed by atoms with Gasteiger partial charge in [-0.25, -0.2) is 0 Å². The second-order valence-corrected chi connectivity index (χ2v) is 2.20. The molecule has 0 rings (SSSR count). The number of halogens is 1. The van der Waals surface area contributed by atoms with Crippen molar-refractivity contribution < 1.29 is 4.74 Å². The van der Waals surface area contributed by atoms with Crippen LogP contribution in [0, 0.1) is 0 Å². The summed E-state index contributed by atoms with van der Waals surface area (Å²) in [4.78, 5) is 0. The summed E-state index contributed by atoms with van der Waals surface area (Å²) in [5.74, 6) is 0. The van der Waals surface area contributed by atoms with E-state index in [1.807, 2.05) is 7.05 Å². The third-order valence-electron chi connectivity index (χ3n) is 0.718. The minimum Gasteiger partial charge on any atom is -0.379 e. The maximum Gasteiger partial charge on any atom is 0.0591 e. The molecule has 50 valence electrons. The van der Waals surface area contributed by atoms with E-state index in [0.29, 0.717) is 0 Å². The molecule has 8 heavy (non-hydrogen) atoms. The molecule has 0 atom stereocenters. The molecule has 0 saturated heterocycles. The molecule has 0 amide bonds. The monoisotopic (exact) mass is 181 g/mol. The van der Waals surface area contributed by atoms with Crippen molar-refractivity contribution in [1.29, 1.82) is 0 Å². The zero-order valence-electron chi connectivity index (χ0n) is 5.11. The lowest BCUT2D eigenvalue weighted by atomic mass is 10.7. The summed E-state index contributed by atoms with van der Waals surface area (Å²) < 4.78 is 5.11. The molecular formula is C5H12BrNO. The van der Waals surface area contributed by atoms with Gasteiger partial charge in [0.1, 0.15) is 0 Å². The first kappa shape index (κ1) is 8.40. The molecule has 0 aromatic carbocycles. The number of hydrogen-bond donors (Lipinski definition) is 1. The molecule has 0 saturated carbocycles. The maximum atomic E-state index is 5.11. The Morgan fingerprint density at radius 1 is 1.50 bits per heavy atom. The quantitative estimate of drug-likeness (QED) is 0.497. The van der Waals surface area contributed by atoms with Gasteiger partial charge in [-0.15, -0.1) is 0 Å². The summed E-state index contributed by atoms with van der Waals surface area (Å²) >= 11 is 3.26. The second-order valence-electron chi connectivity index (χ2n) is 1.40. The molecule has 0 aliphatic rings. The fourth-order valence-electron chi connectivity index (χ4n) is 0.331. The van der Waals surface area contributed by atoms with Crippen molar-refractivity contribution in [3.63, 3.8) is 0 Å². The van der Waals surface area contributed by atoms with Crippen LogP contribution in [0.4, 0.5) is 0 Å². The highest BCUT2D eigenvalue weighted by Gasteiger charge is 1.81. The van der Waals surface area contributed by atoms with Gasteiger partial charge >= 0.3 is 0 Å². The smallest absolute Gasteiger partial charge is 0.0591 e. The molecule has 0 aromatic rings. The predicted molar refractivity (Wildman–Crippen MR) is 38.5 cm³/mol. The van der Waals surface area contributed by atoms with Gasteiger partial charge in [-0.2, -0.15) is 0 Å². The van der Waals surface area contributed by atoms with Crippen molar-refractivity contribution in [2.45, 2.75) is 0 Å². The number of likely N-dealkylation sites (N-methyl/N-ethyl adjacent to an activating group) is 1. The molecule has 3 heteroatoms. The van der Waals surface area contributed by atoms with E-state index in [-0.39, 0.29) is 0 Å². The van der Waals surface area contributed by atoms with Crippen LogP contribution in [0.25, 0.3) is 0 Å². The first-order valence-electron chi connectivity index (χ1n) is 2.70. The van der Waals surface area contributed by atoms with Gasteiger partial charge in [0, 0.05) is 11.9 Å². The topological polar surface area (TPSA) is 21.3 Å². The van der Waals surface area contributed by atoms with Crippen LogP contribution in [-0.2, 0) is 4.74 Å². The van der Waals surface area contributed by atoms with Crippen molar-refractivity contribution >= 4 is 15.9 Å². The van der Waals surface area contributed by atoms with E-state index in [1.54, 1.807) is 0 Å². The third kappa shape index (κ3) is 6.40. The van der Waals surface area contributed by atoms with Gasteiger partial charge in [-0.3, -0.25) is 0 Å². The maximum absolute atomic E-state index is 5.11. The first-order chi connectivity index (χ1) is 3.91. The van der Waals surface area contributed by atoms with Crippen LogP contribution in [0.15, 0.2) is 0 Å². The molecule has 0 fully saturated rings. The van der Waals surface area contributed by atoms with Crippen LogP contribution in [0.1, 0.15) is 0 Å². The predicted octanol–water partition coefficient (Wildman–Crippen LogP) is 0.617. The average molecular weight is 182 g/mol. The van der Waals surface area contributed by atoms with Crippen molar-refractivity contribution in [3.8, 4) is 0 Å². The summed E-state index contributed by atoms with van der Waals surface area (Å²) in [5.41, 5.74) is 0. The van der Waals surface area contributed by atoms with E-state index in [4.69, 9.17) is 4.74 Å². The van der Waals surface area contributed by atoms with Gasteiger partial charge < -0.3 is 10.1 Å². The Labute approximate surface area is 58.7 Å². The fraction of sp³-hybridized carbons (Fsp3) is 1.00. The SMILES string of the molecule is CNCCOCCBr. The summed E-state index contributed by atoms with van der Waals surface area (Å²) in [6.07, 6.45) is 0. The Bertz CT molecular complexity index is 37.4. The number of nitrogens with one attached hydrogen (secondary N) is 1. The van der Waals surface area contributed by atoms with Crippen molar-refractivity contribution in [2.75, 3.05) is 32.1 Å². The molecule has 2 nitrogen and oxygen atoms in total. The van der Waals surface area contributed by atoms with E-state index in [0.717, 1.165) is 25.1 Å². The molecule has 0 aliphatic carbocycles. The third-order valence-corrected chi connectivity index (χ3v) is 1.04. The molecular weight excluding hydrogens is 170 g/mol. The number of ether oxygens (including phenoxy) is 1. The van der Waals surface area contributed by atoms with Crippen molar-refractivity contribution in [1.82, 2.24) is 5.32 Å². The van der Waals surface area contributed by atoms with Crippen LogP contribution < -0.4 is 5.32 Å². The summed E-state index contributed by atoms with van der Waals surface area (Å²) in [6, 6.07) is 0. The molecule has 0 heterocycles. The van der Waals surface area contributed by atoms with E-state index >= 15 is 0 Å². The number of alkyl halides is 1. The van der Waals surface area contributed by atoms with Crippen LogP contribution in [-0.4, -0.2) is 32.1 Å². The molecule has 0 aliphatic heterocycles. The Kier molecular flexibility index (Phi) is 7.77. The van der Waals surface area contributed by atoms with Gasteiger partial charge in [0.2, 0.25) is 0 Å². The van der Waals surface area contributed by atoms with E-state index in [1.165, 1.54) is 0 Å². The molecule has 0 spiro atoms. The zero-order chi connectivity index (χ0) is 6.24. The van der Waals surface area contributed by atoms with Gasteiger partial charge in [0.15, 0.2) is 0 Å². The molecule has 0 radical (unpaired) electrons. The van der Waals surface area contributed by atoms with E-state index in [2.05, 4.69) is 21.2 Å². The van der Waals surface area contributed by atoms with Crippen LogP contribution in [0.2, 0.25) is 0 Å². The van der Waals surface area contributed by atoms with Gasteiger partial charge in [0.25, 0.3) is 0 Å². The summed E-state index contributed by atoms with van der Waals surface area (Å²) in [6.45, 7) is 2.55. The van der Waals surface area contributed by atoms with Crippen molar-refractivity contribution in [3.05, 3.63) is 0 Å². The van der Waals surface area contributed by atoms with Crippen LogP contribution in [0.5, 0.6) is 0 Å². The lowest BCUT2D eigenvalue weighted by Gasteiger charge is -1.98. The highest BCUT2D eigenvalue weighted by Crippen LogP contribution is 1.79. The van der Waals surface area contributed by atoms with Crippen LogP contribution in [0.3, 0.4) is 0 Å². The lowest BCUT2D eigenvalue weighted by molar-refractivity contribution is 0.154. The van der Waals surface area contributed by atoms with Gasteiger partial charge in [-0.1, -0.05) is 15.9 Å². The Balaban J connectivity index is 2.53. The largest absolute Gasteiger partial charge is 0.379 e. The minimum atomic E-state index is 0.807. The minimum absolute atomic E-state index is 0.807. The first-order valence-corrected chi connectivity index (χ1v) is 3.82. The summed E-state index contributed by atoms with van der Waals surface area (Å²) in [7, 11) is 1.91. The van der Waals surface area contributed by atoms with E-state index < -0.39 is 0 Å². The second kappa shape index (κ2) is 7.40. The Hall–Kier alpha value is 0.400. The average Bonchev–Trinajstić information content (AvgIpc) is 1.81.